The zero-order valence-corrected chi connectivity index (χ0v) is 4.65. The van der Waals surface area contributed by atoms with Crippen molar-refractivity contribution in [1.29, 1.82) is 0 Å². The molecule has 0 aliphatic carbocycles. The molecule has 41 valence electrons. The number of nitrogens with two attached hydrogens (primary N) is 2. The summed E-state index contributed by atoms with van der Waals surface area (Å²) in [6.45, 7) is 1.44. The van der Waals surface area contributed by atoms with Gasteiger partial charge in [0.1, 0.15) is 0 Å². The Hall–Kier alpha value is 0.426. The van der Waals surface area contributed by atoms with Crippen LogP contribution < -0.4 is 11.5 Å². The Bertz CT molecular complexity index is 16.3. The molecule has 6 heavy (non-hydrogen) atoms. The van der Waals surface area contributed by atoms with Crippen LogP contribution in [0.1, 0.15) is 6.42 Å². The second-order valence-corrected chi connectivity index (χ2v) is 0.931. The molecule has 0 fully saturated rings. The van der Waals surface area contributed by atoms with Gasteiger partial charge in [-0.15, -0.1) is 0 Å². The summed E-state index contributed by atoms with van der Waals surface area (Å²) in [5, 5.41) is 0. The monoisotopic (exact) mass is 133 g/mol. The first kappa shape index (κ1) is 9.66. The van der Waals surface area contributed by atoms with Gasteiger partial charge >= 0.3 is 0 Å². The van der Waals surface area contributed by atoms with Crippen LogP contribution >= 0.6 is 0 Å². The van der Waals surface area contributed by atoms with Crippen LogP contribution in [0.4, 0.5) is 0 Å². The summed E-state index contributed by atoms with van der Waals surface area (Å²) in [5.41, 5.74) is 10.1. The number of hydrogen-bond donors (Lipinski definition) is 2. The van der Waals surface area contributed by atoms with Gasteiger partial charge in [-0.05, 0) is 19.5 Å². The van der Waals surface area contributed by atoms with E-state index in [-0.39, 0.29) is 16.8 Å². The Kier molecular flexibility index (Phi) is 14.6. The van der Waals surface area contributed by atoms with Gasteiger partial charge in [0.15, 0.2) is 0 Å². The zero-order chi connectivity index (χ0) is 4.12. The minimum absolute atomic E-state index is 0. The van der Waals surface area contributed by atoms with Crippen molar-refractivity contribution < 1.29 is 16.8 Å². The van der Waals surface area contributed by atoms with Crippen molar-refractivity contribution in [2.75, 3.05) is 13.1 Å². The predicted octanol–water partition coefficient (Wildman–Crippen LogP) is -0.709. The molecule has 0 rings (SSSR count). The van der Waals surface area contributed by atoms with Gasteiger partial charge in [-0.3, -0.25) is 0 Å². The van der Waals surface area contributed by atoms with Crippen molar-refractivity contribution >= 4 is 0 Å². The van der Waals surface area contributed by atoms with E-state index < -0.39 is 0 Å². The van der Waals surface area contributed by atoms with E-state index in [0.717, 1.165) is 19.5 Å². The smallest absolute Gasteiger partial charge is 0 e. The fourth-order valence-corrected chi connectivity index (χ4v) is 0.118. The molecular formula is C3H10CoN2. The van der Waals surface area contributed by atoms with E-state index in [2.05, 4.69) is 0 Å². The number of hydrogen-bond acceptors (Lipinski definition) is 2. The van der Waals surface area contributed by atoms with Gasteiger partial charge in [-0.2, -0.15) is 0 Å². The summed E-state index contributed by atoms with van der Waals surface area (Å²) in [4.78, 5) is 0. The summed E-state index contributed by atoms with van der Waals surface area (Å²) in [6, 6.07) is 0. The quantitative estimate of drug-likeness (QED) is 0.522. The van der Waals surface area contributed by atoms with Crippen LogP contribution in [-0.4, -0.2) is 13.1 Å². The van der Waals surface area contributed by atoms with E-state index in [1.54, 1.807) is 0 Å². The molecule has 2 nitrogen and oxygen atoms in total. The molecule has 0 unspecified atom stereocenters. The molecule has 0 atom stereocenters. The Labute approximate surface area is 48.5 Å². The molecule has 0 amide bonds. The SMILES string of the molecule is NCCCN.[Co]. The first-order chi connectivity index (χ1) is 2.41. The van der Waals surface area contributed by atoms with Crippen molar-refractivity contribution in [2.24, 2.45) is 11.5 Å². The molecule has 0 spiro atoms. The molecule has 0 aliphatic rings. The topological polar surface area (TPSA) is 52.0 Å². The molecule has 0 saturated carbocycles. The molecule has 3 heteroatoms. The van der Waals surface area contributed by atoms with E-state index >= 15 is 0 Å². The van der Waals surface area contributed by atoms with Crippen molar-refractivity contribution in [3.05, 3.63) is 0 Å². The van der Waals surface area contributed by atoms with Crippen LogP contribution in [0.15, 0.2) is 0 Å². The predicted molar refractivity (Wildman–Crippen MR) is 22.7 cm³/mol. The van der Waals surface area contributed by atoms with Crippen LogP contribution in [0.25, 0.3) is 0 Å². The summed E-state index contributed by atoms with van der Waals surface area (Å²) in [7, 11) is 0. The Morgan fingerprint density at radius 2 is 1.33 bits per heavy atom. The van der Waals surface area contributed by atoms with Crippen molar-refractivity contribution in [2.45, 2.75) is 6.42 Å². The van der Waals surface area contributed by atoms with E-state index in [1.807, 2.05) is 0 Å². The van der Waals surface area contributed by atoms with Crippen molar-refractivity contribution in [3.8, 4) is 0 Å². The fourth-order valence-electron chi connectivity index (χ4n) is 0.118. The molecular weight excluding hydrogens is 123 g/mol. The molecule has 0 aliphatic heterocycles. The average Bonchev–Trinajstić information content (AvgIpc) is 1.41. The van der Waals surface area contributed by atoms with E-state index in [0.29, 0.717) is 0 Å². The van der Waals surface area contributed by atoms with Crippen LogP contribution in [0.5, 0.6) is 0 Å². The standard InChI is InChI=1S/C3H10N2.Co/c4-2-1-3-5;/h1-5H2;. The number of rotatable bonds is 2. The van der Waals surface area contributed by atoms with Gasteiger partial charge in [0.25, 0.3) is 0 Å². The maximum absolute atomic E-state index is 5.06. The van der Waals surface area contributed by atoms with E-state index in [9.17, 15) is 0 Å². The minimum Gasteiger partial charge on any atom is -0.330 e. The van der Waals surface area contributed by atoms with Crippen molar-refractivity contribution in [1.82, 2.24) is 0 Å². The molecule has 4 N–H and O–H groups in total. The summed E-state index contributed by atoms with van der Waals surface area (Å²) in [6.07, 6.45) is 0.944. The van der Waals surface area contributed by atoms with Crippen LogP contribution in [-0.2, 0) is 16.8 Å². The maximum atomic E-state index is 5.06. The van der Waals surface area contributed by atoms with E-state index in [1.165, 1.54) is 0 Å². The van der Waals surface area contributed by atoms with Crippen molar-refractivity contribution in [3.63, 3.8) is 0 Å². The Morgan fingerprint density at radius 1 is 1.00 bits per heavy atom. The summed E-state index contributed by atoms with van der Waals surface area (Å²) < 4.78 is 0. The van der Waals surface area contributed by atoms with Gasteiger partial charge in [0.05, 0.1) is 0 Å². The molecule has 0 bridgehead atoms. The third-order valence-electron chi connectivity index (χ3n) is 0.408. The van der Waals surface area contributed by atoms with Gasteiger partial charge in [-0.1, -0.05) is 0 Å². The molecule has 0 aromatic heterocycles. The largest absolute Gasteiger partial charge is 0.330 e. The second kappa shape index (κ2) is 9.06. The Balaban J connectivity index is 0. The Morgan fingerprint density at radius 3 is 1.33 bits per heavy atom. The maximum Gasteiger partial charge on any atom is 0 e. The van der Waals surface area contributed by atoms with Gasteiger partial charge < -0.3 is 11.5 Å². The van der Waals surface area contributed by atoms with Crippen LogP contribution in [0.3, 0.4) is 0 Å². The van der Waals surface area contributed by atoms with Crippen LogP contribution in [0, 0.1) is 0 Å². The van der Waals surface area contributed by atoms with Crippen LogP contribution in [0.2, 0.25) is 0 Å². The molecule has 0 heterocycles. The third-order valence-corrected chi connectivity index (χ3v) is 0.408. The zero-order valence-electron chi connectivity index (χ0n) is 3.61. The summed E-state index contributed by atoms with van der Waals surface area (Å²) >= 11 is 0. The van der Waals surface area contributed by atoms with E-state index in [4.69, 9.17) is 11.5 Å². The average molecular weight is 133 g/mol. The summed E-state index contributed by atoms with van der Waals surface area (Å²) in [5.74, 6) is 0. The molecule has 0 aromatic carbocycles. The van der Waals surface area contributed by atoms with Gasteiger partial charge in [0, 0.05) is 16.8 Å². The van der Waals surface area contributed by atoms with Gasteiger partial charge in [-0.25, -0.2) is 0 Å². The second-order valence-electron chi connectivity index (χ2n) is 0.931. The molecule has 0 aromatic rings. The normalized spacial score (nSPS) is 7.00. The molecule has 1 radical (unpaired) electrons. The fraction of sp³-hybridized carbons (Fsp3) is 1.00. The van der Waals surface area contributed by atoms with Gasteiger partial charge in [0.2, 0.25) is 0 Å². The first-order valence-corrected chi connectivity index (χ1v) is 1.82. The minimum atomic E-state index is 0. The first-order valence-electron chi connectivity index (χ1n) is 1.82. The molecule has 0 saturated heterocycles. The third kappa shape index (κ3) is 8.83.